The van der Waals surface area contributed by atoms with Crippen LogP contribution in [0.2, 0.25) is 0 Å². The first-order valence-electron chi connectivity index (χ1n) is 5.75. The van der Waals surface area contributed by atoms with Crippen LogP contribution in [-0.2, 0) is 0 Å². The van der Waals surface area contributed by atoms with Crippen LogP contribution in [0.1, 0.15) is 19.4 Å². The molecular formula is C15H18O. The molecule has 0 bridgehead atoms. The van der Waals surface area contributed by atoms with Crippen LogP contribution >= 0.6 is 0 Å². The molecule has 1 aromatic rings. The summed E-state index contributed by atoms with van der Waals surface area (Å²) in [4.78, 5) is 0. The maximum absolute atomic E-state index is 5.16. The van der Waals surface area contributed by atoms with E-state index in [0.717, 1.165) is 5.75 Å². The average Bonchev–Trinajstić information content (AvgIpc) is 2.33. The smallest absolute Gasteiger partial charge is 0.118 e. The summed E-state index contributed by atoms with van der Waals surface area (Å²) < 4.78 is 5.16. The van der Waals surface area contributed by atoms with Gasteiger partial charge in [-0.2, -0.15) is 0 Å². The van der Waals surface area contributed by atoms with Gasteiger partial charge in [0.05, 0.1) is 7.11 Å². The van der Waals surface area contributed by atoms with Gasteiger partial charge in [-0.05, 0) is 35.1 Å². The molecule has 1 aromatic carbocycles. The minimum absolute atomic E-state index is 0.613. The summed E-state index contributed by atoms with van der Waals surface area (Å²) in [5.74, 6) is 2.16. The molecule has 0 aliphatic heterocycles. The maximum atomic E-state index is 5.16. The molecule has 0 saturated carbocycles. The fourth-order valence-corrected chi connectivity index (χ4v) is 1.90. The standard InChI is InChI=1S/C15H18O/c1-11-4-5-14(10-12(11)2)13-6-8-15(16-3)9-7-13/h4-12H,1-3H3/t11-,12?/m0/s1. The van der Waals surface area contributed by atoms with E-state index in [9.17, 15) is 0 Å². The first kappa shape index (κ1) is 11.0. The SMILES string of the molecule is COc1ccc(C2=CC(C)[C@@H](C)C=C2)cc1. The number of hydrogen-bond acceptors (Lipinski definition) is 1. The molecule has 0 N–H and O–H groups in total. The van der Waals surface area contributed by atoms with Gasteiger partial charge in [0.1, 0.15) is 5.75 Å². The molecule has 2 rings (SSSR count). The minimum atomic E-state index is 0.613. The van der Waals surface area contributed by atoms with Gasteiger partial charge in [-0.3, -0.25) is 0 Å². The molecule has 84 valence electrons. The Hall–Kier alpha value is -1.50. The number of rotatable bonds is 2. The molecule has 0 spiro atoms. The fraction of sp³-hybridized carbons (Fsp3) is 0.333. The van der Waals surface area contributed by atoms with Crippen LogP contribution in [0.5, 0.6) is 5.75 Å². The first-order valence-corrected chi connectivity index (χ1v) is 5.75. The predicted octanol–water partition coefficient (Wildman–Crippen LogP) is 3.92. The molecule has 1 heteroatoms. The van der Waals surface area contributed by atoms with Crippen molar-refractivity contribution in [3.8, 4) is 5.75 Å². The number of allylic oxidation sites excluding steroid dienone is 4. The summed E-state index contributed by atoms with van der Waals surface area (Å²) in [5.41, 5.74) is 2.57. The largest absolute Gasteiger partial charge is 0.497 e. The van der Waals surface area contributed by atoms with E-state index in [1.165, 1.54) is 11.1 Å². The van der Waals surface area contributed by atoms with Gasteiger partial charge in [0.2, 0.25) is 0 Å². The van der Waals surface area contributed by atoms with Crippen molar-refractivity contribution >= 4 is 5.57 Å². The molecule has 0 heterocycles. The lowest BCUT2D eigenvalue weighted by molar-refractivity contribution is 0.415. The van der Waals surface area contributed by atoms with Crippen molar-refractivity contribution in [1.29, 1.82) is 0 Å². The highest BCUT2D eigenvalue weighted by Gasteiger charge is 2.12. The highest BCUT2D eigenvalue weighted by molar-refractivity contribution is 5.75. The summed E-state index contributed by atoms with van der Waals surface area (Å²) in [6, 6.07) is 8.23. The molecule has 1 aliphatic carbocycles. The van der Waals surface area contributed by atoms with Crippen LogP contribution in [0, 0.1) is 11.8 Å². The average molecular weight is 214 g/mol. The maximum Gasteiger partial charge on any atom is 0.118 e. The Morgan fingerprint density at radius 2 is 1.69 bits per heavy atom. The zero-order valence-electron chi connectivity index (χ0n) is 10.1. The third-order valence-corrected chi connectivity index (χ3v) is 3.27. The van der Waals surface area contributed by atoms with Gasteiger partial charge in [0, 0.05) is 0 Å². The Morgan fingerprint density at radius 3 is 2.25 bits per heavy atom. The first-order chi connectivity index (χ1) is 7.70. The molecule has 0 saturated heterocycles. The van der Waals surface area contributed by atoms with Crippen LogP contribution in [0.25, 0.3) is 5.57 Å². The van der Waals surface area contributed by atoms with E-state index in [2.05, 4.69) is 44.2 Å². The van der Waals surface area contributed by atoms with Crippen LogP contribution in [-0.4, -0.2) is 7.11 Å². The van der Waals surface area contributed by atoms with Gasteiger partial charge in [-0.15, -0.1) is 0 Å². The van der Waals surface area contributed by atoms with E-state index in [4.69, 9.17) is 4.74 Å². The van der Waals surface area contributed by atoms with Crippen molar-refractivity contribution in [2.75, 3.05) is 7.11 Å². The lowest BCUT2D eigenvalue weighted by Crippen LogP contribution is -2.06. The predicted molar refractivity (Wildman–Crippen MR) is 68.4 cm³/mol. The molecule has 0 amide bonds. The van der Waals surface area contributed by atoms with Crippen LogP contribution in [0.15, 0.2) is 42.5 Å². The lowest BCUT2D eigenvalue weighted by Gasteiger charge is -2.19. The van der Waals surface area contributed by atoms with Crippen molar-refractivity contribution in [3.63, 3.8) is 0 Å². The molecular weight excluding hydrogens is 196 g/mol. The van der Waals surface area contributed by atoms with E-state index >= 15 is 0 Å². The quantitative estimate of drug-likeness (QED) is 0.725. The summed E-state index contributed by atoms with van der Waals surface area (Å²) in [5, 5.41) is 0. The molecule has 1 aliphatic rings. The number of methoxy groups -OCH3 is 1. The zero-order valence-corrected chi connectivity index (χ0v) is 10.1. The Bertz CT molecular complexity index is 412. The highest BCUT2D eigenvalue weighted by atomic mass is 16.5. The summed E-state index contributed by atoms with van der Waals surface area (Å²) in [6.07, 6.45) is 6.84. The van der Waals surface area contributed by atoms with Crippen molar-refractivity contribution in [1.82, 2.24) is 0 Å². The highest BCUT2D eigenvalue weighted by Crippen LogP contribution is 2.28. The normalized spacial score (nSPS) is 24.1. The monoisotopic (exact) mass is 214 g/mol. The van der Waals surface area contributed by atoms with Gasteiger partial charge in [0.15, 0.2) is 0 Å². The van der Waals surface area contributed by atoms with Gasteiger partial charge in [-0.1, -0.05) is 44.2 Å². The molecule has 0 radical (unpaired) electrons. The molecule has 2 atom stereocenters. The third-order valence-electron chi connectivity index (χ3n) is 3.27. The summed E-state index contributed by atoms with van der Waals surface area (Å²) in [7, 11) is 1.69. The Labute approximate surface area is 97.4 Å². The Morgan fingerprint density at radius 1 is 1.00 bits per heavy atom. The van der Waals surface area contributed by atoms with Gasteiger partial charge in [0.25, 0.3) is 0 Å². The van der Waals surface area contributed by atoms with Crippen molar-refractivity contribution in [3.05, 3.63) is 48.1 Å². The second-order valence-electron chi connectivity index (χ2n) is 4.43. The zero-order chi connectivity index (χ0) is 11.5. The molecule has 0 fully saturated rings. The second-order valence-corrected chi connectivity index (χ2v) is 4.43. The lowest BCUT2D eigenvalue weighted by atomic mass is 9.86. The summed E-state index contributed by atoms with van der Waals surface area (Å²) in [6.45, 7) is 4.51. The number of benzene rings is 1. The topological polar surface area (TPSA) is 9.23 Å². The molecule has 1 nitrogen and oxygen atoms in total. The number of ether oxygens (including phenoxy) is 1. The van der Waals surface area contributed by atoms with Crippen molar-refractivity contribution < 1.29 is 4.74 Å². The Kier molecular flexibility index (Phi) is 3.14. The van der Waals surface area contributed by atoms with E-state index in [1.54, 1.807) is 7.11 Å². The van der Waals surface area contributed by atoms with Crippen LogP contribution in [0.3, 0.4) is 0 Å². The second kappa shape index (κ2) is 4.56. The van der Waals surface area contributed by atoms with Gasteiger partial charge >= 0.3 is 0 Å². The van der Waals surface area contributed by atoms with Gasteiger partial charge < -0.3 is 4.74 Å². The fourth-order valence-electron chi connectivity index (χ4n) is 1.90. The molecule has 1 unspecified atom stereocenters. The van der Waals surface area contributed by atoms with Crippen molar-refractivity contribution in [2.45, 2.75) is 13.8 Å². The molecule has 0 aromatic heterocycles. The van der Waals surface area contributed by atoms with Crippen LogP contribution in [0.4, 0.5) is 0 Å². The third kappa shape index (κ3) is 2.19. The Balaban J connectivity index is 2.25. The van der Waals surface area contributed by atoms with E-state index in [-0.39, 0.29) is 0 Å². The summed E-state index contributed by atoms with van der Waals surface area (Å²) >= 11 is 0. The van der Waals surface area contributed by atoms with Gasteiger partial charge in [-0.25, -0.2) is 0 Å². The number of hydrogen-bond donors (Lipinski definition) is 0. The molecule has 16 heavy (non-hydrogen) atoms. The minimum Gasteiger partial charge on any atom is -0.497 e. The van der Waals surface area contributed by atoms with E-state index in [0.29, 0.717) is 11.8 Å². The van der Waals surface area contributed by atoms with E-state index in [1.807, 2.05) is 12.1 Å². The van der Waals surface area contributed by atoms with E-state index < -0.39 is 0 Å². The van der Waals surface area contributed by atoms with Crippen molar-refractivity contribution in [2.24, 2.45) is 11.8 Å². The van der Waals surface area contributed by atoms with Crippen LogP contribution < -0.4 is 4.74 Å².